The Hall–Kier alpha value is -2.46. The molecule has 1 N–H and O–H groups in total. The summed E-state index contributed by atoms with van der Waals surface area (Å²) in [5.41, 5.74) is 5.60. The van der Waals surface area contributed by atoms with Crippen molar-refractivity contribution in [1.29, 1.82) is 0 Å². The van der Waals surface area contributed by atoms with Crippen molar-refractivity contribution < 1.29 is 9.59 Å². The van der Waals surface area contributed by atoms with Crippen LogP contribution < -0.4 is 10.2 Å². The molecule has 0 saturated heterocycles. The molecular weight excluding hydrogens is 348 g/mol. The second kappa shape index (κ2) is 8.70. The molecule has 0 spiro atoms. The molecule has 2 aromatic rings. The van der Waals surface area contributed by atoms with Crippen LogP contribution in [-0.4, -0.2) is 24.8 Å². The number of ketones is 1. The van der Waals surface area contributed by atoms with E-state index in [-0.39, 0.29) is 11.7 Å². The molecule has 0 radical (unpaired) electrons. The molecule has 1 amide bonds. The van der Waals surface area contributed by atoms with Crippen LogP contribution in [0.4, 0.5) is 5.69 Å². The molecule has 0 bridgehead atoms. The second-order valence-electron chi connectivity index (χ2n) is 7.83. The number of anilines is 1. The van der Waals surface area contributed by atoms with Gasteiger partial charge in [0.1, 0.15) is 0 Å². The minimum atomic E-state index is 0.228. The summed E-state index contributed by atoms with van der Waals surface area (Å²) in [7, 11) is 0. The van der Waals surface area contributed by atoms with Crippen LogP contribution in [0.15, 0.2) is 42.5 Å². The Morgan fingerprint density at radius 2 is 1.75 bits per heavy atom. The number of hydrogen-bond acceptors (Lipinski definition) is 3. The molecule has 4 heteroatoms. The quantitative estimate of drug-likeness (QED) is 0.530. The lowest BCUT2D eigenvalue weighted by atomic mass is 9.94. The molecule has 2 aromatic carbocycles. The van der Waals surface area contributed by atoms with Gasteiger partial charge in [0, 0.05) is 31.5 Å². The maximum atomic E-state index is 12.7. The van der Waals surface area contributed by atoms with Crippen LogP contribution in [-0.2, 0) is 24.2 Å². The molecule has 0 fully saturated rings. The van der Waals surface area contributed by atoms with Crippen molar-refractivity contribution in [2.45, 2.75) is 51.5 Å². The Morgan fingerprint density at radius 1 is 0.964 bits per heavy atom. The van der Waals surface area contributed by atoms with Crippen molar-refractivity contribution in [1.82, 2.24) is 5.32 Å². The van der Waals surface area contributed by atoms with Crippen LogP contribution in [0, 0.1) is 0 Å². The first-order valence-electron chi connectivity index (χ1n) is 10.5. The van der Waals surface area contributed by atoms with Crippen molar-refractivity contribution in [3.8, 4) is 0 Å². The highest BCUT2D eigenvalue weighted by Crippen LogP contribution is 2.37. The average molecular weight is 377 g/mol. The summed E-state index contributed by atoms with van der Waals surface area (Å²) in [5, 5.41) is 3.46. The van der Waals surface area contributed by atoms with Crippen LogP contribution in [0.1, 0.15) is 59.2 Å². The van der Waals surface area contributed by atoms with Gasteiger partial charge in [-0.25, -0.2) is 0 Å². The number of nitrogens with one attached hydrogen (secondary N) is 1. The molecular formula is C24H28N2O2. The minimum Gasteiger partial charge on any atom is -0.313 e. The second-order valence-corrected chi connectivity index (χ2v) is 7.83. The number of nitrogens with zero attached hydrogens (tertiary/aromatic N) is 1. The molecule has 0 unspecified atom stereocenters. The lowest BCUT2D eigenvalue weighted by molar-refractivity contribution is -0.118. The smallest absolute Gasteiger partial charge is 0.227 e. The Morgan fingerprint density at radius 3 is 2.57 bits per heavy atom. The van der Waals surface area contributed by atoms with Gasteiger partial charge in [-0.3, -0.25) is 9.59 Å². The van der Waals surface area contributed by atoms with E-state index in [1.54, 1.807) is 0 Å². The molecule has 2 aliphatic rings. The van der Waals surface area contributed by atoms with Gasteiger partial charge >= 0.3 is 0 Å². The molecule has 4 nitrogen and oxygen atoms in total. The molecule has 2 aliphatic heterocycles. The highest BCUT2D eigenvalue weighted by atomic mass is 16.2. The van der Waals surface area contributed by atoms with E-state index in [1.165, 1.54) is 16.7 Å². The van der Waals surface area contributed by atoms with Gasteiger partial charge in [0.05, 0.1) is 5.69 Å². The Kier molecular flexibility index (Phi) is 5.87. The van der Waals surface area contributed by atoms with Gasteiger partial charge in [0.2, 0.25) is 5.91 Å². The number of unbranched alkanes of at least 4 members (excludes halogenated alkanes) is 2. The van der Waals surface area contributed by atoms with Gasteiger partial charge in [-0.05, 0) is 61.1 Å². The fraction of sp³-hybridized carbons (Fsp3) is 0.417. The Balaban J connectivity index is 1.21. The number of aryl methyl sites for hydroxylation is 1. The van der Waals surface area contributed by atoms with E-state index in [1.807, 2.05) is 23.1 Å². The van der Waals surface area contributed by atoms with Gasteiger partial charge in [0.25, 0.3) is 0 Å². The summed E-state index contributed by atoms with van der Waals surface area (Å²) in [6.07, 6.45) is 5.91. The molecule has 146 valence electrons. The highest BCUT2D eigenvalue weighted by Gasteiger charge is 2.31. The monoisotopic (exact) mass is 376 g/mol. The first-order chi connectivity index (χ1) is 13.7. The Bertz CT molecular complexity index is 860. The van der Waals surface area contributed by atoms with Crippen molar-refractivity contribution in [3.63, 3.8) is 0 Å². The molecule has 0 aliphatic carbocycles. The summed E-state index contributed by atoms with van der Waals surface area (Å²) >= 11 is 0. The lowest BCUT2D eigenvalue weighted by Gasteiger charge is -2.25. The Labute approximate surface area is 166 Å². The predicted octanol–water partition coefficient (Wildman–Crippen LogP) is 4.05. The highest BCUT2D eigenvalue weighted by molar-refractivity contribution is 6.02. The standard InChI is InChI=1S/C24H28N2O2/c27-22(9-5-2-6-13-25-17-18-7-3-1-4-8-18)21-15-19-10-11-23(28)26-14-12-20(16-21)24(19)26/h1,3-4,7-8,15-16,25H,2,5-6,9-14,17H2. The van der Waals surface area contributed by atoms with Gasteiger partial charge in [-0.2, -0.15) is 0 Å². The maximum absolute atomic E-state index is 12.7. The zero-order valence-electron chi connectivity index (χ0n) is 16.4. The maximum Gasteiger partial charge on any atom is 0.227 e. The van der Waals surface area contributed by atoms with E-state index in [4.69, 9.17) is 0 Å². The number of amides is 1. The number of benzene rings is 2. The topological polar surface area (TPSA) is 49.4 Å². The van der Waals surface area contributed by atoms with Crippen molar-refractivity contribution in [2.24, 2.45) is 0 Å². The number of carbonyl (C=O) groups excluding carboxylic acids is 2. The fourth-order valence-corrected chi connectivity index (χ4v) is 4.30. The van der Waals surface area contributed by atoms with Crippen molar-refractivity contribution >= 4 is 17.4 Å². The predicted molar refractivity (Wildman–Crippen MR) is 112 cm³/mol. The average Bonchev–Trinajstić information content (AvgIpc) is 3.16. The number of Topliss-reactive ketones (excluding diaryl/α,β-unsaturated/α-hetero) is 1. The van der Waals surface area contributed by atoms with Crippen LogP contribution in [0.3, 0.4) is 0 Å². The third-order valence-corrected chi connectivity index (χ3v) is 5.80. The van der Waals surface area contributed by atoms with Gasteiger partial charge < -0.3 is 10.2 Å². The summed E-state index contributed by atoms with van der Waals surface area (Å²) in [4.78, 5) is 26.6. The zero-order chi connectivity index (χ0) is 19.3. The molecule has 0 aromatic heterocycles. The summed E-state index contributed by atoms with van der Waals surface area (Å²) in [6, 6.07) is 14.5. The van der Waals surface area contributed by atoms with E-state index in [0.717, 1.165) is 63.0 Å². The van der Waals surface area contributed by atoms with Gasteiger partial charge in [0.15, 0.2) is 5.78 Å². The number of carbonyl (C=O) groups is 2. The van der Waals surface area contributed by atoms with E-state index < -0.39 is 0 Å². The van der Waals surface area contributed by atoms with E-state index in [9.17, 15) is 9.59 Å². The van der Waals surface area contributed by atoms with E-state index in [0.29, 0.717) is 12.8 Å². The molecule has 4 rings (SSSR count). The summed E-state index contributed by atoms with van der Waals surface area (Å²) in [6.45, 7) is 2.65. The third kappa shape index (κ3) is 4.17. The van der Waals surface area contributed by atoms with Gasteiger partial charge in [-0.1, -0.05) is 36.8 Å². The third-order valence-electron chi connectivity index (χ3n) is 5.80. The largest absolute Gasteiger partial charge is 0.313 e. The normalized spacial score (nSPS) is 15.0. The van der Waals surface area contributed by atoms with Crippen LogP contribution in [0.5, 0.6) is 0 Å². The SMILES string of the molecule is O=C(CCCCCNCc1ccccc1)c1cc2c3c(c1)CCN3C(=O)CC2. The first kappa shape index (κ1) is 18.9. The molecule has 0 saturated carbocycles. The number of rotatable bonds is 9. The van der Waals surface area contributed by atoms with E-state index in [2.05, 4.69) is 29.6 Å². The summed E-state index contributed by atoms with van der Waals surface area (Å²) < 4.78 is 0. The van der Waals surface area contributed by atoms with E-state index >= 15 is 0 Å². The molecule has 0 atom stereocenters. The summed E-state index contributed by atoms with van der Waals surface area (Å²) in [5.74, 6) is 0.470. The fourth-order valence-electron chi connectivity index (χ4n) is 4.30. The number of hydrogen-bond donors (Lipinski definition) is 1. The van der Waals surface area contributed by atoms with Crippen LogP contribution in [0.25, 0.3) is 0 Å². The lowest BCUT2D eigenvalue weighted by Crippen LogP contribution is -2.32. The molecule has 28 heavy (non-hydrogen) atoms. The van der Waals surface area contributed by atoms with Crippen LogP contribution >= 0.6 is 0 Å². The van der Waals surface area contributed by atoms with Gasteiger partial charge in [-0.15, -0.1) is 0 Å². The van der Waals surface area contributed by atoms with Crippen molar-refractivity contribution in [2.75, 3.05) is 18.0 Å². The first-order valence-corrected chi connectivity index (χ1v) is 10.5. The van der Waals surface area contributed by atoms with Crippen LogP contribution in [0.2, 0.25) is 0 Å². The minimum absolute atomic E-state index is 0.228. The molecule has 2 heterocycles. The van der Waals surface area contributed by atoms with Crippen molar-refractivity contribution in [3.05, 3.63) is 64.7 Å². The zero-order valence-corrected chi connectivity index (χ0v) is 16.4.